The summed E-state index contributed by atoms with van der Waals surface area (Å²) in [7, 11) is 0. The van der Waals surface area contributed by atoms with E-state index < -0.39 is 5.92 Å². The molecule has 0 unspecified atom stereocenters. The van der Waals surface area contributed by atoms with Crippen LogP contribution in [0.3, 0.4) is 0 Å². The van der Waals surface area contributed by atoms with Crippen molar-refractivity contribution in [2.75, 3.05) is 5.32 Å². The molecular weight excluding hydrogens is 390 g/mol. The first-order valence-corrected chi connectivity index (χ1v) is 10.6. The first-order valence-electron chi connectivity index (χ1n) is 10.6. The molecule has 162 valence electrons. The van der Waals surface area contributed by atoms with E-state index in [4.69, 9.17) is 4.74 Å². The predicted octanol–water partition coefficient (Wildman–Crippen LogP) is 5.05. The molecule has 1 aromatic heterocycles. The van der Waals surface area contributed by atoms with Crippen LogP contribution in [0.1, 0.15) is 62.3 Å². The van der Waals surface area contributed by atoms with Crippen molar-refractivity contribution >= 4 is 17.6 Å². The molecule has 1 saturated carbocycles. The van der Waals surface area contributed by atoms with Crippen LogP contribution < -0.4 is 10.6 Å². The van der Waals surface area contributed by atoms with Crippen LogP contribution in [0.4, 0.5) is 25.1 Å². The number of amides is 1. The number of aromatic amines is 1. The summed E-state index contributed by atoms with van der Waals surface area (Å²) in [5, 5.41) is 13.3. The molecule has 2 atom stereocenters. The van der Waals surface area contributed by atoms with Crippen molar-refractivity contribution in [1.82, 2.24) is 15.5 Å². The van der Waals surface area contributed by atoms with Gasteiger partial charge >= 0.3 is 6.09 Å². The highest BCUT2D eigenvalue weighted by molar-refractivity contribution is 5.67. The second-order valence-corrected chi connectivity index (χ2v) is 8.65. The van der Waals surface area contributed by atoms with Crippen LogP contribution >= 0.6 is 0 Å². The van der Waals surface area contributed by atoms with Crippen LogP contribution in [-0.2, 0) is 17.6 Å². The van der Waals surface area contributed by atoms with Crippen molar-refractivity contribution in [3.05, 3.63) is 41.1 Å². The zero-order valence-corrected chi connectivity index (χ0v) is 17.3. The number of carbonyl (C=O) groups is 1. The van der Waals surface area contributed by atoms with Gasteiger partial charge in [0.2, 0.25) is 0 Å². The van der Waals surface area contributed by atoms with Gasteiger partial charge in [0, 0.05) is 42.2 Å². The van der Waals surface area contributed by atoms with Crippen LogP contribution in [0, 0.1) is 0 Å². The molecule has 2 aromatic rings. The molecule has 6 nitrogen and oxygen atoms in total. The number of alkyl halides is 2. The molecule has 30 heavy (non-hydrogen) atoms. The average molecular weight is 418 g/mol. The number of nitrogens with zero attached hydrogens (tertiary/aromatic N) is 1. The van der Waals surface area contributed by atoms with Crippen LogP contribution in [0.25, 0.3) is 0 Å². The van der Waals surface area contributed by atoms with Gasteiger partial charge in [-0.1, -0.05) is 12.1 Å². The van der Waals surface area contributed by atoms with E-state index in [1.807, 2.05) is 38.1 Å². The van der Waals surface area contributed by atoms with Gasteiger partial charge in [-0.15, -0.1) is 0 Å². The number of anilines is 2. The van der Waals surface area contributed by atoms with Crippen molar-refractivity contribution in [3.63, 3.8) is 0 Å². The van der Waals surface area contributed by atoms with Crippen molar-refractivity contribution in [2.45, 2.75) is 76.4 Å². The molecule has 4 rings (SSSR count). The van der Waals surface area contributed by atoms with Crippen LogP contribution in [0.2, 0.25) is 0 Å². The Balaban J connectivity index is 1.40. The van der Waals surface area contributed by atoms with Gasteiger partial charge < -0.3 is 15.4 Å². The summed E-state index contributed by atoms with van der Waals surface area (Å²) in [4.78, 5) is 11.8. The smallest absolute Gasteiger partial charge is 0.407 e. The number of H-pyrrole nitrogens is 1. The van der Waals surface area contributed by atoms with Gasteiger partial charge in [0.1, 0.15) is 6.10 Å². The maximum Gasteiger partial charge on any atom is 0.407 e. The topological polar surface area (TPSA) is 79.0 Å². The first-order chi connectivity index (χ1) is 14.3. The molecular formula is C22H28F2N4O2. The Labute approximate surface area is 174 Å². The van der Waals surface area contributed by atoms with E-state index >= 15 is 0 Å². The van der Waals surface area contributed by atoms with E-state index in [9.17, 15) is 13.6 Å². The van der Waals surface area contributed by atoms with Crippen molar-refractivity contribution in [3.8, 4) is 0 Å². The standard InChI is InChI=1S/C22H28F2N4O2/c1-13(2)25-21(29)30-16-7-6-15(10-16)19-11-20(28-27-19)26-18-5-3-4-14-8-9-22(23,24)12-17(14)18/h3-5,11,13,15-16H,6-10,12H2,1-2H3,(H,25,29)(H2,26,27,28)/t15-,16+/m0/s1. The predicted molar refractivity (Wildman–Crippen MR) is 110 cm³/mol. The minimum atomic E-state index is -2.66. The highest BCUT2D eigenvalue weighted by Crippen LogP contribution is 2.39. The van der Waals surface area contributed by atoms with E-state index in [1.165, 1.54) is 0 Å². The Morgan fingerprint density at radius 1 is 1.33 bits per heavy atom. The molecule has 1 fully saturated rings. The molecule has 1 heterocycles. The minimum Gasteiger partial charge on any atom is -0.446 e. The van der Waals surface area contributed by atoms with Gasteiger partial charge in [0.25, 0.3) is 5.92 Å². The summed E-state index contributed by atoms with van der Waals surface area (Å²) in [6, 6.07) is 7.59. The SMILES string of the molecule is CC(C)NC(=O)O[C@@H]1CC[C@H](c2cc(Nc3cccc4c3CC(F)(F)CC4)n[nH]2)C1. The Morgan fingerprint density at radius 2 is 2.17 bits per heavy atom. The molecule has 2 aliphatic carbocycles. The van der Waals surface area contributed by atoms with Gasteiger partial charge in [-0.25, -0.2) is 13.6 Å². The van der Waals surface area contributed by atoms with E-state index in [0.717, 1.165) is 30.5 Å². The lowest BCUT2D eigenvalue weighted by Gasteiger charge is -2.26. The molecule has 8 heteroatoms. The number of alkyl carbamates (subject to hydrolysis) is 1. The molecule has 1 amide bonds. The second kappa shape index (κ2) is 8.24. The normalized spacial score (nSPS) is 22.6. The molecule has 0 spiro atoms. The number of aryl methyl sites for hydroxylation is 1. The fourth-order valence-electron chi connectivity index (χ4n) is 4.36. The van der Waals surface area contributed by atoms with Gasteiger partial charge in [0.15, 0.2) is 5.82 Å². The fraction of sp³-hybridized carbons (Fsp3) is 0.545. The molecule has 0 aliphatic heterocycles. The monoisotopic (exact) mass is 418 g/mol. The largest absolute Gasteiger partial charge is 0.446 e. The highest BCUT2D eigenvalue weighted by Gasteiger charge is 2.35. The van der Waals surface area contributed by atoms with Crippen LogP contribution in [-0.4, -0.2) is 34.4 Å². The molecule has 0 saturated heterocycles. The Kier molecular flexibility index (Phi) is 5.66. The average Bonchev–Trinajstić information content (AvgIpc) is 3.30. The Morgan fingerprint density at radius 3 is 2.97 bits per heavy atom. The summed E-state index contributed by atoms with van der Waals surface area (Å²) in [6.45, 7) is 3.78. The first kappa shape index (κ1) is 20.6. The number of benzene rings is 1. The van der Waals surface area contributed by atoms with Crippen LogP contribution in [0.15, 0.2) is 24.3 Å². The molecule has 0 bridgehead atoms. The maximum absolute atomic E-state index is 13.9. The number of aromatic nitrogens is 2. The molecule has 2 aliphatic rings. The van der Waals surface area contributed by atoms with E-state index in [1.54, 1.807) is 0 Å². The third kappa shape index (κ3) is 4.74. The number of fused-ring (bicyclic) bond motifs is 1. The van der Waals surface area contributed by atoms with Crippen LogP contribution in [0.5, 0.6) is 0 Å². The zero-order valence-electron chi connectivity index (χ0n) is 17.3. The van der Waals surface area contributed by atoms with Gasteiger partial charge in [-0.05, 0) is 56.7 Å². The number of ether oxygens (including phenoxy) is 1. The van der Waals surface area contributed by atoms with Gasteiger partial charge in [-0.3, -0.25) is 5.10 Å². The zero-order chi connectivity index (χ0) is 21.3. The summed E-state index contributed by atoms with van der Waals surface area (Å²) in [6.07, 6.45) is 1.98. The van der Waals surface area contributed by atoms with Crippen molar-refractivity contribution < 1.29 is 18.3 Å². The number of nitrogens with one attached hydrogen (secondary N) is 3. The maximum atomic E-state index is 13.9. The Bertz CT molecular complexity index is 912. The van der Waals surface area contributed by atoms with E-state index in [2.05, 4.69) is 20.8 Å². The summed E-state index contributed by atoms with van der Waals surface area (Å²) in [5.41, 5.74) is 3.28. The number of rotatable bonds is 5. The van der Waals surface area contributed by atoms with E-state index in [-0.39, 0.29) is 37.0 Å². The quantitative estimate of drug-likeness (QED) is 0.635. The second-order valence-electron chi connectivity index (χ2n) is 8.65. The lowest BCUT2D eigenvalue weighted by Crippen LogP contribution is -2.33. The number of halogens is 2. The van der Waals surface area contributed by atoms with E-state index in [0.29, 0.717) is 23.5 Å². The highest BCUT2D eigenvalue weighted by atomic mass is 19.3. The van der Waals surface area contributed by atoms with Crippen molar-refractivity contribution in [1.29, 1.82) is 0 Å². The molecule has 0 radical (unpaired) electrons. The Hall–Kier alpha value is -2.64. The summed E-state index contributed by atoms with van der Waals surface area (Å²) < 4.78 is 33.3. The summed E-state index contributed by atoms with van der Waals surface area (Å²) >= 11 is 0. The van der Waals surface area contributed by atoms with Crippen molar-refractivity contribution in [2.24, 2.45) is 0 Å². The third-order valence-corrected chi connectivity index (χ3v) is 5.83. The summed E-state index contributed by atoms with van der Waals surface area (Å²) in [5.74, 6) is -1.84. The van der Waals surface area contributed by atoms with Gasteiger partial charge in [-0.2, -0.15) is 5.10 Å². The minimum absolute atomic E-state index is 0.0413. The lowest BCUT2D eigenvalue weighted by atomic mass is 9.88. The molecule has 1 aromatic carbocycles. The van der Waals surface area contributed by atoms with Gasteiger partial charge in [0.05, 0.1) is 0 Å². The number of hydrogen-bond donors (Lipinski definition) is 3. The lowest BCUT2D eigenvalue weighted by molar-refractivity contribution is -0.0120. The molecule has 3 N–H and O–H groups in total. The fourth-order valence-corrected chi connectivity index (χ4v) is 4.36. The third-order valence-electron chi connectivity index (χ3n) is 5.83. The number of hydrogen-bond acceptors (Lipinski definition) is 4. The number of carbonyl (C=O) groups excluding carboxylic acids is 1.